The third kappa shape index (κ3) is 15.2. The molecule has 0 saturated carbocycles. The summed E-state index contributed by atoms with van der Waals surface area (Å²) in [5.74, 6) is 3.29. The summed E-state index contributed by atoms with van der Waals surface area (Å²) in [5.41, 5.74) is 0. The fourth-order valence-electron chi connectivity index (χ4n) is 4.72. The Morgan fingerprint density at radius 3 is 1.76 bits per heavy atom. The van der Waals surface area contributed by atoms with E-state index in [1.165, 1.54) is 133 Å². The summed E-state index contributed by atoms with van der Waals surface area (Å²) in [4.78, 5) is 2.86. The van der Waals surface area contributed by atoms with Crippen molar-refractivity contribution in [2.75, 3.05) is 26.2 Å². The molecule has 2 rings (SSSR count). The van der Waals surface area contributed by atoms with Crippen molar-refractivity contribution in [1.82, 2.24) is 0 Å². The first-order valence-corrected chi connectivity index (χ1v) is 15.6. The Balaban J connectivity index is 0.000000479. The molecule has 1 N–H and O–H groups in total. The summed E-state index contributed by atoms with van der Waals surface area (Å²) < 4.78 is 30.5. The number of benzene rings is 1. The van der Waals surface area contributed by atoms with Crippen LogP contribution in [0.15, 0.2) is 35.2 Å². The molecule has 0 amide bonds. The maximum Gasteiger partial charge on any atom is 0.294 e. The number of hydrogen-bond acceptors (Lipinski definition) is 2. The van der Waals surface area contributed by atoms with E-state index in [9.17, 15) is 8.42 Å². The molecule has 1 heterocycles. The molecule has 0 aromatic heterocycles. The highest BCUT2D eigenvalue weighted by Crippen LogP contribution is 2.20. The zero-order chi connectivity index (χ0) is 25.0. The van der Waals surface area contributed by atoms with Gasteiger partial charge in [0.25, 0.3) is 10.1 Å². The van der Waals surface area contributed by atoms with Gasteiger partial charge in [0, 0.05) is 15.9 Å². The monoisotopic (exact) mass is 556 g/mol. The lowest BCUT2D eigenvalue weighted by Crippen LogP contribution is -2.52. The molecule has 0 unspecified atom stereocenters. The molecule has 1 aliphatic rings. The lowest BCUT2D eigenvalue weighted by atomic mass is 10.0. The molecule has 1 aromatic carbocycles. The number of halogens is 1. The van der Waals surface area contributed by atoms with Gasteiger partial charge >= 0.3 is 0 Å². The fourth-order valence-corrected chi connectivity index (χ4v) is 5.35. The van der Waals surface area contributed by atoms with Crippen molar-refractivity contribution in [3.8, 4) is 10.8 Å². The summed E-state index contributed by atoms with van der Waals surface area (Å²) in [5, 5.41) is 0. The molecule has 1 aromatic rings. The first kappa shape index (κ1) is 31.2. The van der Waals surface area contributed by atoms with E-state index in [1.54, 1.807) is 18.2 Å². The minimum atomic E-state index is -4.00. The number of quaternary nitrogens is 1. The molecule has 4 nitrogen and oxygen atoms in total. The van der Waals surface area contributed by atoms with Crippen molar-refractivity contribution in [1.29, 1.82) is 0 Å². The zero-order valence-corrected chi connectivity index (χ0v) is 23.7. The quantitative estimate of drug-likeness (QED) is 0.103. The van der Waals surface area contributed by atoms with E-state index in [0.717, 1.165) is 6.54 Å². The summed E-state index contributed by atoms with van der Waals surface area (Å²) in [6, 6.07) is 7.42. The van der Waals surface area contributed by atoms with Gasteiger partial charge in [-0.25, -0.2) is 0 Å². The van der Waals surface area contributed by atoms with Crippen LogP contribution in [0.2, 0.25) is 0 Å². The fraction of sp³-hybridized carbons (Fsp3) is 0.714. The normalized spacial score (nSPS) is 15.0. The second kappa shape index (κ2) is 19.3. The Labute approximate surface area is 218 Å². The van der Waals surface area contributed by atoms with Gasteiger partial charge in [0.15, 0.2) is 0 Å². The number of piperidine rings is 1. The van der Waals surface area contributed by atoms with Gasteiger partial charge in [-0.1, -0.05) is 89.3 Å². The predicted molar refractivity (Wildman–Crippen MR) is 148 cm³/mol. The molecule has 1 saturated heterocycles. The summed E-state index contributed by atoms with van der Waals surface area (Å²) in [6.45, 7) is 7.44. The van der Waals surface area contributed by atoms with E-state index in [2.05, 4.69) is 33.6 Å². The van der Waals surface area contributed by atoms with Crippen LogP contribution in [-0.2, 0) is 10.1 Å². The number of rotatable bonds is 15. The maximum absolute atomic E-state index is 10.4. The van der Waals surface area contributed by atoms with Crippen molar-refractivity contribution in [3.05, 3.63) is 30.3 Å². The Morgan fingerprint density at radius 1 is 0.824 bits per heavy atom. The summed E-state index contributed by atoms with van der Waals surface area (Å²) in [7, 11) is -4.00. The van der Waals surface area contributed by atoms with Gasteiger partial charge in [0.2, 0.25) is 0 Å². The highest BCUT2D eigenvalue weighted by atomic mass is 79.9. The topological polar surface area (TPSA) is 54.4 Å². The van der Waals surface area contributed by atoms with Crippen LogP contribution in [0.1, 0.15) is 103 Å². The van der Waals surface area contributed by atoms with Crippen LogP contribution < -0.4 is 0 Å². The van der Waals surface area contributed by atoms with Gasteiger partial charge in [-0.2, -0.15) is 8.42 Å². The molecular weight excluding hydrogens is 510 g/mol. The average Bonchev–Trinajstić information content (AvgIpc) is 2.84. The number of nitrogens with zero attached hydrogens (tertiary/aromatic N) is 1. The Hall–Kier alpha value is -0.870. The van der Waals surface area contributed by atoms with Crippen LogP contribution in [0, 0.1) is 10.8 Å². The van der Waals surface area contributed by atoms with Gasteiger partial charge in [-0.15, -0.1) is 0 Å². The summed E-state index contributed by atoms with van der Waals surface area (Å²) >= 11 is 3.27. The van der Waals surface area contributed by atoms with E-state index in [4.69, 9.17) is 4.55 Å². The van der Waals surface area contributed by atoms with Gasteiger partial charge in [-0.3, -0.25) is 4.55 Å². The third-order valence-corrected chi connectivity index (χ3v) is 7.92. The number of likely N-dealkylation sites (tertiary alicyclic amines) is 1. The molecule has 0 aliphatic carbocycles. The standard InChI is InChI=1S/C22H41BrN.C6H6O3S/c1-2-3-4-5-6-7-8-9-10-11-12-14-19-24(22-17-18-23)20-15-13-16-21-24;7-10(8,9)6-4-2-1-3-5-6/h2-16,19-22H2,1H3;1-5H,(H,7,8,9)/q+1;. The predicted octanol–water partition coefficient (Wildman–Crippen LogP) is 7.98. The van der Waals surface area contributed by atoms with Crippen LogP contribution in [0.5, 0.6) is 0 Å². The van der Waals surface area contributed by atoms with Crippen LogP contribution >= 0.6 is 15.9 Å². The molecular formula is C28H47BrNO3S+. The van der Waals surface area contributed by atoms with E-state index in [-0.39, 0.29) is 4.90 Å². The lowest BCUT2D eigenvalue weighted by molar-refractivity contribution is -0.926. The van der Waals surface area contributed by atoms with E-state index in [0.29, 0.717) is 0 Å². The first-order valence-electron chi connectivity index (χ1n) is 13.4. The van der Waals surface area contributed by atoms with E-state index >= 15 is 0 Å². The molecule has 0 radical (unpaired) electrons. The van der Waals surface area contributed by atoms with E-state index in [1.807, 2.05) is 0 Å². The molecule has 0 spiro atoms. The Bertz CT molecular complexity index is 781. The highest BCUT2D eigenvalue weighted by Gasteiger charge is 2.28. The SMILES string of the molecule is CCCCCCCCCCCCCC[N+]1(CC#CBr)CCCCC1.O=S(=O)(O)c1ccccc1. The first-order chi connectivity index (χ1) is 16.4. The van der Waals surface area contributed by atoms with Gasteiger partial charge in [0.05, 0.1) is 24.5 Å². The smallest absolute Gasteiger partial charge is 0.294 e. The van der Waals surface area contributed by atoms with Gasteiger partial charge < -0.3 is 4.48 Å². The molecule has 0 bridgehead atoms. The lowest BCUT2D eigenvalue weighted by Gasteiger charge is -2.40. The number of hydrogen-bond donors (Lipinski definition) is 1. The van der Waals surface area contributed by atoms with Crippen molar-refractivity contribution >= 4 is 26.0 Å². The van der Waals surface area contributed by atoms with Crippen molar-refractivity contribution in [2.45, 2.75) is 108 Å². The second-order valence-corrected chi connectivity index (χ2v) is 11.5. The Morgan fingerprint density at radius 2 is 1.32 bits per heavy atom. The molecule has 194 valence electrons. The largest absolute Gasteiger partial charge is 0.313 e. The maximum atomic E-state index is 10.4. The average molecular weight is 558 g/mol. The molecule has 1 fully saturated rings. The molecule has 0 atom stereocenters. The second-order valence-electron chi connectivity index (χ2n) is 9.68. The minimum Gasteiger partial charge on any atom is -0.313 e. The van der Waals surface area contributed by atoms with Crippen LogP contribution in [0.25, 0.3) is 0 Å². The summed E-state index contributed by atoms with van der Waals surface area (Å²) in [6.07, 6.45) is 21.5. The van der Waals surface area contributed by atoms with Gasteiger partial charge in [0.1, 0.15) is 6.54 Å². The van der Waals surface area contributed by atoms with Crippen molar-refractivity contribution < 1.29 is 17.5 Å². The Kier molecular flexibility index (Phi) is 17.7. The van der Waals surface area contributed by atoms with Crippen LogP contribution in [-0.4, -0.2) is 43.6 Å². The van der Waals surface area contributed by atoms with Crippen molar-refractivity contribution in [2.24, 2.45) is 0 Å². The molecule has 34 heavy (non-hydrogen) atoms. The van der Waals surface area contributed by atoms with E-state index < -0.39 is 10.1 Å². The van der Waals surface area contributed by atoms with Crippen LogP contribution in [0.3, 0.4) is 0 Å². The molecule has 1 aliphatic heterocycles. The minimum absolute atomic E-state index is 0.0741. The van der Waals surface area contributed by atoms with Crippen molar-refractivity contribution in [3.63, 3.8) is 0 Å². The number of unbranched alkanes of at least 4 members (excludes halogenated alkanes) is 11. The highest BCUT2D eigenvalue weighted by molar-refractivity contribution is 9.12. The van der Waals surface area contributed by atoms with Crippen LogP contribution in [0.4, 0.5) is 0 Å². The molecule has 6 heteroatoms. The zero-order valence-electron chi connectivity index (χ0n) is 21.3. The third-order valence-electron chi connectivity index (χ3n) is 6.77. The van der Waals surface area contributed by atoms with Gasteiger partial charge in [-0.05, 0) is 55.0 Å².